The quantitative estimate of drug-likeness (QED) is 0.716. The van der Waals surface area contributed by atoms with Gasteiger partial charge in [-0.25, -0.2) is 13.1 Å². The molecule has 4 nitrogen and oxygen atoms in total. The maximum Gasteiger partial charge on any atom is 0.211 e. The standard InChI is InChI=1S/C18H30N2O2S/c1-4-6-15(7-5-2)17-13-20-18-9-8-14(12-16(17)18)10-11-23(21,22)19-3/h12-13,15,19-20H,4-11H2,1-3H3. The number of fused-ring (bicyclic) bond motifs is 1. The van der Waals surface area contributed by atoms with Crippen molar-refractivity contribution in [2.24, 2.45) is 0 Å². The fraction of sp³-hybridized carbons (Fsp3) is 0.667. The largest absolute Gasteiger partial charge is 0.364 e. The van der Waals surface area contributed by atoms with Gasteiger partial charge in [-0.2, -0.15) is 0 Å². The molecule has 0 unspecified atom stereocenters. The second-order valence-corrected chi connectivity index (χ2v) is 8.53. The van der Waals surface area contributed by atoms with Crippen molar-refractivity contribution in [2.45, 2.75) is 64.7 Å². The molecule has 5 heteroatoms. The van der Waals surface area contributed by atoms with Gasteiger partial charge in [-0.3, -0.25) is 0 Å². The Kier molecular flexibility index (Phi) is 6.48. The lowest BCUT2D eigenvalue weighted by Gasteiger charge is -2.19. The summed E-state index contributed by atoms with van der Waals surface area (Å²) in [6.07, 6.45) is 11.8. The number of allylic oxidation sites excluding steroid dienone is 1. The molecule has 0 radical (unpaired) electrons. The number of sulfonamides is 1. The lowest BCUT2D eigenvalue weighted by atomic mass is 9.86. The van der Waals surface area contributed by atoms with Crippen LogP contribution < -0.4 is 4.72 Å². The predicted molar refractivity (Wildman–Crippen MR) is 97.1 cm³/mol. The Hall–Kier alpha value is -1.07. The molecule has 0 aromatic carbocycles. The Bertz CT molecular complexity index is 638. The van der Waals surface area contributed by atoms with Crippen molar-refractivity contribution >= 4 is 16.1 Å². The van der Waals surface area contributed by atoms with Gasteiger partial charge in [-0.05, 0) is 56.2 Å². The lowest BCUT2D eigenvalue weighted by molar-refractivity contribution is 0.560. The number of H-pyrrole nitrogens is 1. The van der Waals surface area contributed by atoms with Crippen molar-refractivity contribution in [1.29, 1.82) is 0 Å². The molecule has 0 saturated carbocycles. The number of aryl methyl sites for hydroxylation is 1. The topological polar surface area (TPSA) is 62.0 Å². The van der Waals surface area contributed by atoms with Gasteiger partial charge in [0, 0.05) is 11.9 Å². The van der Waals surface area contributed by atoms with Gasteiger partial charge in [0.05, 0.1) is 5.75 Å². The second-order valence-electron chi connectivity index (χ2n) is 6.49. The Morgan fingerprint density at radius 2 is 1.91 bits per heavy atom. The van der Waals surface area contributed by atoms with Gasteiger partial charge < -0.3 is 4.98 Å². The highest BCUT2D eigenvalue weighted by molar-refractivity contribution is 7.89. The molecule has 1 heterocycles. The predicted octanol–water partition coefficient (Wildman–Crippen LogP) is 3.97. The van der Waals surface area contributed by atoms with Crippen LogP contribution in [0, 0.1) is 0 Å². The van der Waals surface area contributed by atoms with E-state index in [0.717, 1.165) is 12.8 Å². The van der Waals surface area contributed by atoms with Gasteiger partial charge in [-0.15, -0.1) is 0 Å². The average Bonchev–Trinajstić information content (AvgIpc) is 2.96. The Morgan fingerprint density at radius 1 is 1.22 bits per heavy atom. The summed E-state index contributed by atoms with van der Waals surface area (Å²) in [5.74, 6) is 0.791. The Morgan fingerprint density at radius 3 is 2.52 bits per heavy atom. The number of aromatic amines is 1. The van der Waals surface area contributed by atoms with E-state index >= 15 is 0 Å². The first-order chi connectivity index (χ1) is 11.0. The monoisotopic (exact) mass is 338 g/mol. The molecule has 0 bridgehead atoms. The van der Waals surface area contributed by atoms with Crippen LogP contribution in [-0.4, -0.2) is 26.2 Å². The first-order valence-electron chi connectivity index (χ1n) is 8.81. The van der Waals surface area contributed by atoms with Gasteiger partial charge in [0.2, 0.25) is 10.0 Å². The second kappa shape index (κ2) is 8.15. The van der Waals surface area contributed by atoms with Crippen LogP contribution >= 0.6 is 0 Å². The highest BCUT2D eigenvalue weighted by Crippen LogP contribution is 2.35. The van der Waals surface area contributed by atoms with Crippen LogP contribution in [0.4, 0.5) is 0 Å². The summed E-state index contributed by atoms with van der Waals surface area (Å²) in [6.45, 7) is 4.48. The fourth-order valence-electron chi connectivity index (χ4n) is 3.49. The summed E-state index contributed by atoms with van der Waals surface area (Å²) in [7, 11) is -1.65. The van der Waals surface area contributed by atoms with Gasteiger partial charge >= 0.3 is 0 Å². The average molecular weight is 339 g/mol. The maximum absolute atomic E-state index is 11.6. The molecule has 23 heavy (non-hydrogen) atoms. The first kappa shape index (κ1) is 18.3. The van der Waals surface area contributed by atoms with Crippen molar-refractivity contribution in [1.82, 2.24) is 9.71 Å². The van der Waals surface area contributed by atoms with Crippen LogP contribution in [0.1, 0.15) is 75.1 Å². The number of hydrogen-bond donors (Lipinski definition) is 2. The summed E-state index contributed by atoms with van der Waals surface area (Å²) in [5.41, 5.74) is 5.33. The van der Waals surface area contributed by atoms with Crippen LogP contribution in [0.15, 0.2) is 11.8 Å². The summed E-state index contributed by atoms with van der Waals surface area (Å²) >= 11 is 0. The molecule has 0 saturated heterocycles. The van der Waals surface area contributed by atoms with E-state index in [1.54, 1.807) is 0 Å². The number of nitrogens with one attached hydrogen (secondary N) is 2. The van der Waals surface area contributed by atoms with Crippen LogP contribution in [-0.2, 0) is 16.4 Å². The molecular formula is C18H30N2O2S. The highest BCUT2D eigenvalue weighted by Gasteiger charge is 2.21. The van der Waals surface area contributed by atoms with Gasteiger partial charge in [-0.1, -0.05) is 38.3 Å². The van der Waals surface area contributed by atoms with Crippen molar-refractivity contribution in [3.8, 4) is 0 Å². The number of hydrogen-bond acceptors (Lipinski definition) is 2. The third kappa shape index (κ3) is 4.70. The molecule has 130 valence electrons. The van der Waals surface area contributed by atoms with E-state index in [1.165, 1.54) is 55.1 Å². The smallest absolute Gasteiger partial charge is 0.211 e. The van der Waals surface area contributed by atoms with Crippen LogP contribution in [0.25, 0.3) is 6.08 Å². The third-order valence-corrected chi connectivity index (χ3v) is 6.16. The van der Waals surface area contributed by atoms with Crippen LogP contribution in [0.2, 0.25) is 0 Å². The summed E-state index contributed by atoms with van der Waals surface area (Å²) in [5, 5.41) is 0. The molecule has 2 N–H and O–H groups in total. The lowest BCUT2D eigenvalue weighted by Crippen LogP contribution is -2.22. The molecule has 1 aromatic rings. The molecule has 0 atom stereocenters. The van der Waals surface area contributed by atoms with Crippen molar-refractivity contribution < 1.29 is 8.42 Å². The summed E-state index contributed by atoms with van der Waals surface area (Å²) in [4.78, 5) is 3.45. The minimum Gasteiger partial charge on any atom is -0.364 e. The number of aromatic nitrogens is 1. The van der Waals surface area contributed by atoms with E-state index in [4.69, 9.17) is 0 Å². The zero-order chi connectivity index (χ0) is 16.9. The Labute approximate surface area is 140 Å². The molecule has 0 spiro atoms. The Balaban J connectivity index is 2.19. The molecule has 0 fully saturated rings. The minimum absolute atomic E-state index is 0.178. The normalized spacial score (nSPS) is 14.9. The minimum atomic E-state index is -3.13. The zero-order valence-electron chi connectivity index (χ0n) is 14.6. The molecule has 2 rings (SSSR count). The first-order valence-corrected chi connectivity index (χ1v) is 10.5. The van der Waals surface area contributed by atoms with E-state index in [9.17, 15) is 8.42 Å². The highest BCUT2D eigenvalue weighted by atomic mass is 32.2. The number of rotatable bonds is 9. The van der Waals surface area contributed by atoms with Gasteiger partial charge in [0.1, 0.15) is 0 Å². The molecule has 1 aliphatic carbocycles. The van der Waals surface area contributed by atoms with Crippen LogP contribution in [0.3, 0.4) is 0 Å². The molecule has 0 aliphatic heterocycles. The summed E-state index contributed by atoms with van der Waals surface area (Å²) in [6, 6.07) is 0. The van der Waals surface area contributed by atoms with E-state index in [0.29, 0.717) is 12.3 Å². The SMILES string of the molecule is CCCC(CCC)c1c[nH]c2c1C=C(CCS(=O)(=O)NC)CC2. The summed E-state index contributed by atoms with van der Waals surface area (Å²) < 4.78 is 25.7. The molecule has 1 aliphatic rings. The van der Waals surface area contributed by atoms with Crippen molar-refractivity contribution in [3.05, 3.63) is 28.6 Å². The van der Waals surface area contributed by atoms with Gasteiger partial charge in [0.15, 0.2) is 0 Å². The third-order valence-electron chi connectivity index (χ3n) is 4.80. The van der Waals surface area contributed by atoms with Gasteiger partial charge in [0.25, 0.3) is 0 Å². The molecule has 0 amide bonds. The van der Waals surface area contributed by atoms with E-state index in [-0.39, 0.29) is 5.75 Å². The van der Waals surface area contributed by atoms with Crippen molar-refractivity contribution in [3.63, 3.8) is 0 Å². The zero-order valence-corrected chi connectivity index (χ0v) is 15.4. The van der Waals surface area contributed by atoms with Crippen molar-refractivity contribution in [2.75, 3.05) is 12.8 Å². The van der Waals surface area contributed by atoms with E-state index in [1.807, 2.05) is 0 Å². The molecular weight excluding hydrogens is 308 g/mol. The fourth-order valence-corrected chi connectivity index (χ4v) is 4.22. The molecule has 1 aromatic heterocycles. The van der Waals surface area contributed by atoms with Crippen LogP contribution in [0.5, 0.6) is 0 Å². The maximum atomic E-state index is 11.6. The van der Waals surface area contributed by atoms with E-state index in [2.05, 4.69) is 35.8 Å². The van der Waals surface area contributed by atoms with E-state index < -0.39 is 10.0 Å².